The molecule has 5 nitrogen and oxygen atoms in total. The van der Waals surface area contributed by atoms with E-state index in [1.165, 1.54) is 0 Å². The van der Waals surface area contributed by atoms with Crippen molar-refractivity contribution >= 4 is 5.91 Å². The highest BCUT2D eigenvalue weighted by Crippen LogP contribution is 2.11. The van der Waals surface area contributed by atoms with Crippen molar-refractivity contribution in [1.29, 1.82) is 0 Å². The molecule has 0 aliphatic rings. The van der Waals surface area contributed by atoms with Gasteiger partial charge >= 0.3 is 0 Å². The Labute approximate surface area is 125 Å². The van der Waals surface area contributed by atoms with Gasteiger partial charge in [-0.1, -0.05) is 6.92 Å². The molecule has 21 heavy (non-hydrogen) atoms. The van der Waals surface area contributed by atoms with E-state index < -0.39 is 0 Å². The van der Waals surface area contributed by atoms with E-state index in [1.54, 1.807) is 6.26 Å². The van der Waals surface area contributed by atoms with Crippen molar-refractivity contribution in [3.8, 4) is 0 Å². The van der Waals surface area contributed by atoms with Gasteiger partial charge in [0.15, 0.2) is 0 Å². The molecular formula is C16H23N3O2. The zero-order valence-electron chi connectivity index (χ0n) is 12.7. The Morgan fingerprint density at radius 1 is 1.33 bits per heavy atom. The van der Waals surface area contributed by atoms with E-state index >= 15 is 0 Å². The van der Waals surface area contributed by atoms with Crippen LogP contribution in [0.15, 0.2) is 41.1 Å². The number of rotatable bonds is 8. The summed E-state index contributed by atoms with van der Waals surface area (Å²) in [5.41, 5.74) is 1.10. The van der Waals surface area contributed by atoms with Gasteiger partial charge in [0.2, 0.25) is 5.91 Å². The summed E-state index contributed by atoms with van der Waals surface area (Å²) in [7, 11) is 1.99. The third kappa shape index (κ3) is 4.49. The van der Waals surface area contributed by atoms with Gasteiger partial charge in [-0.3, -0.25) is 4.79 Å². The Balaban J connectivity index is 2.02. The second kappa shape index (κ2) is 7.69. The molecule has 0 spiro atoms. The Hall–Kier alpha value is -2.01. The third-order valence-electron chi connectivity index (χ3n) is 3.39. The summed E-state index contributed by atoms with van der Waals surface area (Å²) in [6.07, 6.45) is 4.64. The second-order valence-electron chi connectivity index (χ2n) is 5.12. The fourth-order valence-corrected chi connectivity index (χ4v) is 2.16. The van der Waals surface area contributed by atoms with Gasteiger partial charge in [-0.05, 0) is 37.2 Å². The highest BCUT2D eigenvalue weighted by Gasteiger charge is 2.16. The number of amides is 1. The predicted molar refractivity (Wildman–Crippen MR) is 81.5 cm³/mol. The van der Waals surface area contributed by atoms with Gasteiger partial charge in [0.25, 0.3) is 0 Å². The van der Waals surface area contributed by atoms with Crippen LogP contribution in [0.4, 0.5) is 0 Å². The molecule has 2 rings (SSSR count). The smallest absolute Gasteiger partial charge is 0.237 e. The molecule has 0 atom stereocenters. The first-order valence-electron chi connectivity index (χ1n) is 7.31. The second-order valence-corrected chi connectivity index (χ2v) is 5.12. The molecule has 0 saturated heterocycles. The van der Waals surface area contributed by atoms with E-state index in [4.69, 9.17) is 4.42 Å². The van der Waals surface area contributed by atoms with Crippen molar-refractivity contribution in [3.63, 3.8) is 0 Å². The first kappa shape index (κ1) is 15.4. The fourth-order valence-electron chi connectivity index (χ4n) is 2.16. The number of aromatic nitrogens is 1. The van der Waals surface area contributed by atoms with Gasteiger partial charge in [0, 0.05) is 18.9 Å². The van der Waals surface area contributed by atoms with Gasteiger partial charge in [0.05, 0.1) is 25.9 Å². The third-order valence-corrected chi connectivity index (χ3v) is 3.39. The average Bonchev–Trinajstić information content (AvgIpc) is 3.11. The number of nitrogens with zero attached hydrogens (tertiary/aromatic N) is 2. The van der Waals surface area contributed by atoms with Crippen LogP contribution in [-0.2, 0) is 24.9 Å². The first-order chi connectivity index (χ1) is 10.2. The molecule has 0 saturated carbocycles. The molecule has 2 aromatic rings. The van der Waals surface area contributed by atoms with Crippen molar-refractivity contribution in [2.45, 2.75) is 26.4 Å². The summed E-state index contributed by atoms with van der Waals surface area (Å²) < 4.78 is 7.40. The number of furan rings is 1. The molecule has 2 aromatic heterocycles. The van der Waals surface area contributed by atoms with Crippen molar-refractivity contribution in [2.75, 3.05) is 13.1 Å². The number of hydrogen-bond donors (Lipinski definition) is 1. The van der Waals surface area contributed by atoms with Crippen LogP contribution in [0.3, 0.4) is 0 Å². The molecule has 114 valence electrons. The summed E-state index contributed by atoms with van der Waals surface area (Å²) in [6.45, 7) is 4.37. The van der Waals surface area contributed by atoms with Crippen LogP contribution in [0.1, 0.15) is 24.8 Å². The minimum absolute atomic E-state index is 0.0843. The van der Waals surface area contributed by atoms with Crippen LogP contribution in [0.5, 0.6) is 0 Å². The van der Waals surface area contributed by atoms with Crippen molar-refractivity contribution in [1.82, 2.24) is 14.8 Å². The van der Waals surface area contributed by atoms with Gasteiger partial charge < -0.3 is 19.2 Å². The number of nitrogens with one attached hydrogen (secondary N) is 1. The highest BCUT2D eigenvalue weighted by molar-refractivity contribution is 5.78. The average molecular weight is 289 g/mol. The monoisotopic (exact) mass is 289 g/mol. The lowest BCUT2D eigenvalue weighted by atomic mass is 10.3. The van der Waals surface area contributed by atoms with Crippen LogP contribution in [0.25, 0.3) is 0 Å². The molecule has 0 bridgehead atoms. The van der Waals surface area contributed by atoms with Crippen molar-refractivity contribution in [3.05, 3.63) is 48.2 Å². The summed E-state index contributed by atoms with van der Waals surface area (Å²) in [4.78, 5) is 14.2. The number of carbonyl (C=O) groups excluding carboxylic acids is 1. The number of carbonyl (C=O) groups is 1. The maximum absolute atomic E-state index is 12.4. The van der Waals surface area contributed by atoms with Gasteiger partial charge in [0.1, 0.15) is 5.76 Å². The van der Waals surface area contributed by atoms with E-state index in [2.05, 4.69) is 12.2 Å². The molecular weight excluding hydrogens is 266 g/mol. The van der Waals surface area contributed by atoms with Crippen LogP contribution in [-0.4, -0.2) is 28.5 Å². The minimum atomic E-state index is 0.0843. The Bertz CT molecular complexity index is 546. The van der Waals surface area contributed by atoms with Crippen molar-refractivity contribution in [2.24, 2.45) is 7.05 Å². The standard InChI is InChI=1S/C16H23N3O2/c1-3-8-17-11-16(20)19(13-15-7-5-10-21-15)12-14-6-4-9-18(14)2/h4-7,9-10,17H,3,8,11-13H2,1-2H3. The lowest BCUT2D eigenvalue weighted by molar-refractivity contribution is -0.131. The molecule has 0 aliphatic carbocycles. The topological polar surface area (TPSA) is 50.4 Å². The number of aryl methyl sites for hydroxylation is 1. The largest absolute Gasteiger partial charge is 0.467 e. The quantitative estimate of drug-likeness (QED) is 0.758. The van der Waals surface area contributed by atoms with Gasteiger partial charge in [-0.2, -0.15) is 0 Å². The molecule has 0 fully saturated rings. The summed E-state index contributed by atoms with van der Waals surface area (Å²) in [5.74, 6) is 0.883. The van der Waals surface area contributed by atoms with Crippen molar-refractivity contribution < 1.29 is 9.21 Å². The SMILES string of the molecule is CCCNCC(=O)N(Cc1ccco1)Cc1cccn1C. The van der Waals surface area contributed by atoms with E-state index in [-0.39, 0.29) is 5.91 Å². The molecule has 0 radical (unpaired) electrons. The first-order valence-corrected chi connectivity index (χ1v) is 7.31. The van der Waals surface area contributed by atoms with Crippen LogP contribution in [0, 0.1) is 0 Å². The summed E-state index contributed by atoms with van der Waals surface area (Å²) in [6, 6.07) is 7.75. The lowest BCUT2D eigenvalue weighted by Gasteiger charge is -2.22. The van der Waals surface area contributed by atoms with Gasteiger partial charge in [-0.25, -0.2) is 0 Å². The van der Waals surface area contributed by atoms with E-state index in [1.807, 2.05) is 47.0 Å². The molecule has 0 aliphatic heterocycles. The van der Waals surface area contributed by atoms with E-state index in [0.717, 1.165) is 24.4 Å². The Morgan fingerprint density at radius 3 is 2.81 bits per heavy atom. The zero-order chi connectivity index (χ0) is 15.1. The minimum Gasteiger partial charge on any atom is -0.467 e. The Kier molecular flexibility index (Phi) is 5.63. The molecule has 2 heterocycles. The number of hydrogen-bond acceptors (Lipinski definition) is 3. The van der Waals surface area contributed by atoms with E-state index in [9.17, 15) is 4.79 Å². The van der Waals surface area contributed by atoms with Crippen LogP contribution in [0.2, 0.25) is 0 Å². The predicted octanol–water partition coefficient (Wildman–Crippen LogP) is 2.15. The van der Waals surface area contributed by atoms with Crippen LogP contribution < -0.4 is 5.32 Å². The van der Waals surface area contributed by atoms with Crippen LogP contribution >= 0.6 is 0 Å². The Morgan fingerprint density at radius 2 is 2.19 bits per heavy atom. The van der Waals surface area contributed by atoms with E-state index in [0.29, 0.717) is 19.6 Å². The molecule has 1 amide bonds. The molecule has 1 N–H and O–H groups in total. The zero-order valence-corrected chi connectivity index (χ0v) is 12.7. The normalized spacial score (nSPS) is 10.8. The highest BCUT2D eigenvalue weighted by atomic mass is 16.3. The molecule has 0 aromatic carbocycles. The molecule has 0 unspecified atom stereocenters. The summed E-state index contributed by atoms with van der Waals surface area (Å²) >= 11 is 0. The molecule has 5 heteroatoms. The summed E-state index contributed by atoms with van der Waals surface area (Å²) in [5, 5.41) is 3.16. The lowest BCUT2D eigenvalue weighted by Crippen LogP contribution is -2.38. The van der Waals surface area contributed by atoms with Gasteiger partial charge in [-0.15, -0.1) is 0 Å². The fraction of sp³-hybridized carbons (Fsp3) is 0.438. The maximum Gasteiger partial charge on any atom is 0.237 e. The maximum atomic E-state index is 12.4.